The van der Waals surface area contributed by atoms with Gasteiger partial charge in [-0.15, -0.1) is 0 Å². The summed E-state index contributed by atoms with van der Waals surface area (Å²) >= 11 is 0. The van der Waals surface area contributed by atoms with Crippen LogP contribution in [0.15, 0.2) is 54.6 Å². The van der Waals surface area contributed by atoms with Crippen molar-refractivity contribution in [2.75, 3.05) is 19.4 Å². The summed E-state index contributed by atoms with van der Waals surface area (Å²) in [5.74, 6) is -0.0800. The summed E-state index contributed by atoms with van der Waals surface area (Å²) in [7, 11) is 3.44. The largest absolute Gasteiger partial charge is 0.374 e. The maximum Gasteiger partial charge on any atom is 0.253 e. The van der Waals surface area contributed by atoms with E-state index >= 15 is 0 Å². The van der Waals surface area contributed by atoms with Gasteiger partial charge in [0.05, 0.1) is 0 Å². The van der Waals surface area contributed by atoms with Crippen molar-refractivity contribution < 1.29 is 9.59 Å². The first kappa shape index (κ1) is 20.5. The molecule has 0 heterocycles. The van der Waals surface area contributed by atoms with Crippen molar-refractivity contribution in [1.82, 2.24) is 10.2 Å². The molecule has 0 aromatic heterocycles. The quantitative estimate of drug-likeness (QED) is 0.752. The van der Waals surface area contributed by atoms with Gasteiger partial charge in [-0.05, 0) is 56.5 Å². The lowest BCUT2D eigenvalue weighted by Crippen LogP contribution is -2.42. The van der Waals surface area contributed by atoms with Gasteiger partial charge in [0.25, 0.3) is 5.91 Å². The van der Waals surface area contributed by atoms with Crippen LogP contribution in [0.5, 0.6) is 0 Å². The van der Waals surface area contributed by atoms with Gasteiger partial charge in [0, 0.05) is 31.4 Å². The molecular formula is C22H29N3O2. The molecule has 0 radical (unpaired) electrons. The molecule has 5 nitrogen and oxygen atoms in total. The number of carbonyl (C=O) groups excluding carboxylic acids is 2. The molecular weight excluding hydrogens is 338 g/mol. The van der Waals surface area contributed by atoms with Crippen molar-refractivity contribution in [3.05, 3.63) is 65.7 Å². The topological polar surface area (TPSA) is 61.4 Å². The number of anilines is 1. The number of amides is 2. The minimum Gasteiger partial charge on any atom is -0.374 e. The summed E-state index contributed by atoms with van der Waals surface area (Å²) in [6.45, 7) is 3.85. The van der Waals surface area contributed by atoms with Crippen LogP contribution in [0.25, 0.3) is 0 Å². The van der Waals surface area contributed by atoms with Gasteiger partial charge >= 0.3 is 0 Å². The van der Waals surface area contributed by atoms with Gasteiger partial charge in [0.2, 0.25) is 5.91 Å². The maximum atomic E-state index is 12.4. The van der Waals surface area contributed by atoms with Gasteiger partial charge < -0.3 is 15.5 Å². The highest BCUT2D eigenvalue weighted by atomic mass is 16.2. The van der Waals surface area contributed by atoms with Crippen LogP contribution >= 0.6 is 0 Å². The van der Waals surface area contributed by atoms with E-state index in [1.807, 2.05) is 44.2 Å². The SMILES string of the molecule is C[C@@H](CCc1ccccc1)NC(=O)[C@@H](C)Nc1ccc(C(=O)N(C)C)cc1. The van der Waals surface area contributed by atoms with Crippen molar-refractivity contribution >= 4 is 17.5 Å². The van der Waals surface area contributed by atoms with Crippen molar-refractivity contribution in [2.45, 2.75) is 38.8 Å². The van der Waals surface area contributed by atoms with E-state index in [9.17, 15) is 9.59 Å². The van der Waals surface area contributed by atoms with E-state index in [2.05, 4.69) is 22.8 Å². The van der Waals surface area contributed by atoms with Crippen molar-refractivity contribution in [2.24, 2.45) is 0 Å². The number of benzene rings is 2. The van der Waals surface area contributed by atoms with E-state index < -0.39 is 0 Å². The number of carbonyl (C=O) groups is 2. The number of nitrogens with one attached hydrogen (secondary N) is 2. The summed E-state index contributed by atoms with van der Waals surface area (Å²) in [6.07, 6.45) is 1.83. The van der Waals surface area contributed by atoms with E-state index in [0.717, 1.165) is 18.5 Å². The zero-order chi connectivity index (χ0) is 19.8. The Kier molecular flexibility index (Phi) is 7.41. The Morgan fingerprint density at radius 3 is 2.19 bits per heavy atom. The molecule has 2 atom stereocenters. The van der Waals surface area contributed by atoms with Crippen LogP contribution < -0.4 is 10.6 Å². The zero-order valence-electron chi connectivity index (χ0n) is 16.5. The third-order valence-electron chi connectivity index (χ3n) is 4.41. The van der Waals surface area contributed by atoms with E-state index in [1.165, 1.54) is 10.5 Å². The molecule has 0 unspecified atom stereocenters. The monoisotopic (exact) mass is 367 g/mol. The number of hydrogen-bond acceptors (Lipinski definition) is 3. The molecule has 0 aliphatic heterocycles. The molecule has 0 bridgehead atoms. The average molecular weight is 367 g/mol. The van der Waals surface area contributed by atoms with Crippen molar-refractivity contribution in [3.8, 4) is 0 Å². The molecule has 2 aromatic carbocycles. The van der Waals surface area contributed by atoms with Gasteiger partial charge in [-0.2, -0.15) is 0 Å². The summed E-state index contributed by atoms with van der Waals surface area (Å²) in [5.41, 5.74) is 2.71. The Balaban J connectivity index is 1.81. The highest BCUT2D eigenvalue weighted by Gasteiger charge is 2.15. The molecule has 2 aromatic rings. The second-order valence-corrected chi connectivity index (χ2v) is 7.08. The number of rotatable bonds is 8. The van der Waals surface area contributed by atoms with E-state index in [-0.39, 0.29) is 23.9 Å². The zero-order valence-corrected chi connectivity index (χ0v) is 16.5. The third kappa shape index (κ3) is 6.44. The van der Waals surface area contributed by atoms with Gasteiger partial charge in [-0.1, -0.05) is 30.3 Å². The Hall–Kier alpha value is -2.82. The molecule has 0 fully saturated rings. The molecule has 2 rings (SSSR count). The van der Waals surface area contributed by atoms with Crippen LogP contribution in [-0.4, -0.2) is 42.9 Å². The normalized spacial score (nSPS) is 12.7. The average Bonchev–Trinajstić information content (AvgIpc) is 2.67. The Bertz CT molecular complexity index is 742. The first-order valence-electron chi connectivity index (χ1n) is 9.29. The minimum absolute atomic E-state index is 0.0380. The van der Waals surface area contributed by atoms with Crippen LogP contribution in [-0.2, 0) is 11.2 Å². The summed E-state index contributed by atoms with van der Waals surface area (Å²) in [4.78, 5) is 25.8. The van der Waals surface area contributed by atoms with E-state index in [4.69, 9.17) is 0 Å². The Morgan fingerprint density at radius 1 is 0.963 bits per heavy atom. The molecule has 2 N–H and O–H groups in total. The molecule has 27 heavy (non-hydrogen) atoms. The Labute approximate surface area is 161 Å². The fourth-order valence-corrected chi connectivity index (χ4v) is 2.75. The molecule has 0 spiro atoms. The maximum absolute atomic E-state index is 12.4. The number of aryl methyl sites for hydroxylation is 1. The predicted octanol–water partition coefficient (Wildman–Crippen LogP) is 3.33. The second kappa shape index (κ2) is 9.76. The van der Waals surface area contributed by atoms with Crippen LogP contribution in [0.3, 0.4) is 0 Å². The number of hydrogen-bond donors (Lipinski definition) is 2. The van der Waals surface area contributed by atoms with Crippen LogP contribution in [0, 0.1) is 0 Å². The highest BCUT2D eigenvalue weighted by molar-refractivity contribution is 5.94. The van der Waals surface area contributed by atoms with Crippen LogP contribution in [0.2, 0.25) is 0 Å². The minimum atomic E-state index is -0.362. The predicted molar refractivity (Wildman–Crippen MR) is 110 cm³/mol. The Morgan fingerprint density at radius 2 is 1.59 bits per heavy atom. The molecule has 0 aliphatic carbocycles. The molecule has 5 heteroatoms. The smallest absolute Gasteiger partial charge is 0.253 e. The first-order chi connectivity index (χ1) is 12.9. The van der Waals surface area contributed by atoms with Crippen molar-refractivity contribution in [3.63, 3.8) is 0 Å². The number of nitrogens with zero attached hydrogens (tertiary/aromatic N) is 1. The van der Waals surface area contributed by atoms with Gasteiger partial charge in [-0.3, -0.25) is 9.59 Å². The highest BCUT2D eigenvalue weighted by Crippen LogP contribution is 2.12. The fraction of sp³-hybridized carbons (Fsp3) is 0.364. The lowest BCUT2D eigenvalue weighted by molar-refractivity contribution is -0.122. The molecule has 2 amide bonds. The van der Waals surface area contributed by atoms with Gasteiger partial charge in [0.1, 0.15) is 6.04 Å². The molecule has 144 valence electrons. The summed E-state index contributed by atoms with van der Waals surface area (Å²) < 4.78 is 0. The first-order valence-corrected chi connectivity index (χ1v) is 9.29. The lowest BCUT2D eigenvalue weighted by atomic mass is 10.1. The lowest BCUT2D eigenvalue weighted by Gasteiger charge is -2.19. The van der Waals surface area contributed by atoms with Crippen molar-refractivity contribution in [1.29, 1.82) is 0 Å². The van der Waals surface area contributed by atoms with E-state index in [1.54, 1.807) is 26.2 Å². The summed E-state index contributed by atoms with van der Waals surface area (Å²) in [6, 6.07) is 17.2. The third-order valence-corrected chi connectivity index (χ3v) is 4.41. The van der Waals surface area contributed by atoms with Crippen LogP contribution in [0.4, 0.5) is 5.69 Å². The standard InChI is InChI=1S/C22H29N3O2/c1-16(10-11-18-8-6-5-7-9-18)23-21(26)17(2)24-20-14-12-19(13-15-20)22(27)25(3)4/h5-9,12-17,24H,10-11H2,1-4H3,(H,23,26)/t16-,17+/m0/s1. The van der Waals surface area contributed by atoms with Crippen LogP contribution in [0.1, 0.15) is 36.2 Å². The summed E-state index contributed by atoms with van der Waals surface area (Å²) in [5, 5.41) is 6.23. The molecule has 0 saturated carbocycles. The molecule has 0 aliphatic rings. The van der Waals surface area contributed by atoms with Gasteiger partial charge in [0.15, 0.2) is 0 Å². The molecule has 0 saturated heterocycles. The van der Waals surface area contributed by atoms with E-state index in [0.29, 0.717) is 5.56 Å². The fourth-order valence-electron chi connectivity index (χ4n) is 2.75. The second-order valence-electron chi connectivity index (χ2n) is 7.08. The van der Waals surface area contributed by atoms with Gasteiger partial charge in [-0.25, -0.2) is 0 Å².